The van der Waals surface area contributed by atoms with E-state index in [1.807, 2.05) is 30.9 Å². The van der Waals surface area contributed by atoms with E-state index in [9.17, 15) is 15.0 Å². The van der Waals surface area contributed by atoms with E-state index in [2.05, 4.69) is 5.32 Å². The molecule has 0 bridgehead atoms. The lowest BCUT2D eigenvalue weighted by Crippen LogP contribution is -2.39. The highest BCUT2D eigenvalue weighted by Crippen LogP contribution is 1.98. The topological polar surface area (TPSA) is 93.0 Å². The average Bonchev–Trinajstić information content (AvgIpc) is 2.52. The van der Waals surface area contributed by atoms with Gasteiger partial charge in [0.2, 0.25) is 0 Å². The Morgan fingerprint density at radius 2 is 1.70 bits per heavy atom. The first kappa shape index (κ1) is 21.8. The van der Waals surface area contributed by atoms with Crippen LogP contribution in [0, 0.1) is 0 Å². The van der Waals surface area contributed by atoms with Crippen molar-refractivity contribution in [1.29, 1.82) is 0 Å². The normalized spacial score (nSPS) is 14.8. The van der Waals surface area contributed by atoms with Crippen LogP contribution in [-0.4, -0.2) is 71.1 Å². The minimum atomic E-state index is -0.846. The molecule has 4 N–H and O–H groups in total. The molecule has 2 atom stereocenters. The summed E-state index contributed by atoms with van der Waals surface area (Å²) in [6.07, 6.45) is 8.00. The highest BCUT2D eigenvalue weighted by atomic mass is 16.4. The van der Waals surface area contributed by atoms with Crippen LogP contribution < -0.4 is 5.32 Å². The molecule has 134 valence electrons. The Hall–Kier alpha value is -1.21. The maximum Gasteiger partial charge on any atom is 0.304 e. The molecule has 0 aliphatic rings. The molecule has 0 rings (SSSR count). The number of hydrogen-bond acceptors (Lipinski definition) is 5. The quantitative estimate of drug-likeness (QED) is 0.281. The molecule has 0 saturated heterocycles. The molecule has 0 aromatic rings. The number of nitrogens with one attached hydrogen (secondary N) is 1. The fourth-order valence-electron chi connectivity index (χ4n) is 2.02. The molecule has 23 heavy (non-hydrogen) atoms. The minimum absolute atomic E-state index is 0.0477. The summed E-state index contributed by atoms with van der Waals surface area (Å²) in [6, 6.07) is 0. The summed E-state index contributed by atoms with van der Waals surface area (Å²) >= 11 is 0. The molecule has 6 heteroatoms. The van der Waals surface area contributed by atoms with Gasteiger partial charge >= 0.3 is 5.97 Å². The molecule has 0 aliphatic carbocycles. The van der Waals surface area contributed by atoms with E-state index in [0.29, 0.717) is 32.7 Å². The minimum Gasteiger partial charge on any atom is -0.481 e. The molecule has 0 spiro atoms. The summed E-state index contributed by atoms with van der Waals surface area (Å²) in [5.41, 5.74) is 0. The third-order valence-electron chi connectivity index (χ3n) is 3.23. The van der Waals surface area contributed by atoms with E-state index in [1.54, 1.807) is 12.2 Å². The van der Waals surface area contributed by atoms with Gasteiger partial charge < -0.3 is 20.6 Å². The summed E-state index contributed by atoms with van der Waals surface area (Å²) in [7, 11) is 0. The lowest BCUT2D eigenvalue weighted by atomic mass is 10.2. The van der Waals surface area contributed by atoms with Crippen LogP contribution in [-0.2, 0) is 4.79 Å². The lowest BCUT2D eigenvalue weighted by Gasteiger charge is -2.23. The number of hydrogen-bond donors (Lipinski definition) is 4. The summed E-state index contributed by atoms with van der Waals surface area (Å²) in [4.78, 5) is 12.6. The molecular formula is C17H32N2O4. The third-order valence-corrected chi connectivity index (χ3v) is 3.23. The van der Waals surface area contributed by atoms with Crippen LogP contribution in [0.1, 0.15) is 33.1 Å². The summed E-state index contributed by atoms with van der Waals surface area (Å²) in [5.74, 6) is -0.846. The Labute approximate surface area is 139 Å². The van der Waals surface area contributed by atoms with Gasteiger partial charge in [-0.25, -0.2) is 0 Å². The van der Waals surface area contributed by atoms with E-state index in [0.717, 1.165) is 12.8 Å². The Kier molecular flexibility index (Phi) is 13.6. The van der Waals surface area contributed by atoms with E-state index in [-0.39, 0.29) is 6.42 Å². The second-order valence-corrected chi connectivity index (χ2v) is 5.46. The van der Waals surface area contributed by atoms with Gasteiger partial charge in [-0.15, -0.1) is 0 Å². The largest absolute Gasteiger partial charge is 0.481 e. The molecule has 0 heterocycles. The molecule has 0 amide bonds. The number of aliphatic hydroxyl groups excluding tert-OH is 2. The Balaban J connectivity index is 4.16. The second-order valence-electron chi connectivity index (χ2n) is 5.46. The summed E-state index contributed by atoms with van der Waals surface area (Å²) in [5, 5.41) is 31.5. The van der Waals surface area contributed by atoms with Gasteiger partial charge in [0, 0.05) is 32.7 Å². The first-order chi connectivity index (χ1) is 11.0. The maximum atomic E-state index is 10.7. The van der Waals surface area contributed by atoms with Gasteiger partial charge in [-0.05, 0) is 12.8 Å². The van der Waals surface area contributed by atoms with Crippen molar-refractivity contribution in [3.63, 3.8) is 0 Å². The molecule has 0 aliphatic heterocycles. The zero-order valence-corrected chi connectivity index (χ0v) is 14.3. The average molecular weight is 328 g/mol. The van der Waals surface area contributed by atoms with Crippen molar-refractivity contribution < 1.29 is 20.1 Å². The maximum absolute atomic E-state index is 10.7. The van der Waals surface area contributed by atoms with Crippen LogP contribution in [0.25, 0.3) is 0 Å². The number of carbonyl (C=O) groups is 1. The second kappa shape index (κ2) is 14.4. The number of carboxylic acids is 1. The predicted octanol–water partition coefficient (Wildman–Crippen LogP) is 1.01. The van der Waals surface area contributed by atoms with Gasteiger partial charge in [0.1, 0.15) is 0 Å². The van der Waals surface area contributed by atoms with Gasteiger partial charge in [0.05, 0.1) is 18.6 Å². The lowest BCUT2D eigenvalue weighted by molar-refractivity contribution is -0.137. The molecular weight excluding hydrogens is 296 g/mol. The molecule has 0 radical (unpaired) electrons. The van der Waals surface area contributed by atoms with Gasteiger partial charge in [-0.1, -0.05) is 38.2 Å². The molecule has 0 saturated carbocycles. The third kappa shape index (κ3) is 14.1. The van der Waals surface area contributed by atoms with E-state index < -0.39 is 18.2 Å². The first-order valence-corrected chi connectivity index (χ1v) is 8.33. The van der Waals surface area contributed by atoms with Crippen LogP contribution in [0.3, 0.4) is 0 Å². The van der Waals surface area contributed by atoms with Gasteiger partial charge in [-0.2, -0.15) is 0 Å². The van der Waals surface area contributed by atoms with Crippen LogP contribution in [0.4, 0.5) is 0 Å². The van der Waals surface area contributed by atoms with Gasteiger partial charge in [-0.3, -0.25) is 9.69 Å². The van der Waals surface area contributed by atoms with Crippen LogP contribution in [0.15, 0.2) is 24.3 Å². The highest BCUT2D eigenvalue weighted by molar-refractivity contribution is 5.66. The van der Waals surface area contributed by atoms with Crippen molar-refractivity contribution in [2.24, 2.45) is 0 Å². The molecule has 0 aromatic heterocycles. The first-order valence-electron chi connectivity index (χ1n) is 8.33. The van der Waals surface area contributed by atoms with E-state index in [1.165, 1.54) is 0 Å². The number of carboxylic acid groups (broad SMARTS) is 1. The number of aliphatic hydroxyl groups is 2. The zero-order chi connectivity index (χ0) is 17.5. The summed E-state index contributed by atoms with van der Waals surface area (Å²) < 4.78 is 0. The van der Waals surface area contributed by atoms with Crippen molar-refractivity contribution in [1.82, 2.24) is 10.2 Å². The Morgan fingerprint density at radius 1 is 1.09 bits per heavy atom. The van der Waals surface area contributed by atoms with Crippen molar-refractivity contribution in [3.8, 4) is 0 Å². The number of aliphatic carboxylic acids is 1. The SMILES string of the molecule is CC/C=C/C(O)CNCCN(CCC(=O)O)CC(O)/C=C/CC. The van der Waals surface area contributed by atoms with Crippen LogP contribution >= 0.6 is 0 Å². The number of nitrogens with zero attached hydrogens (tertiary/aromatic N) is 1. The van der Waals surface area contributed by atoms with Crippen molar-refractivity contribution >= 4 is 5.97 Å². The highest BCUT2D eigenvalue weighted by Gasteiger charge is 2.11. The molecule has 6 nitrogen and oxygen atoms in total. The van der Waals surface area contributed by atoms with Crippen LogP contribution in [0.2, 0.25) is 0 Å². The van der Waals surface area contributed by atoms with E-state index >= 15 is 0 Å². The van der Waals surface area contributed by atoms with Crippen molar-refractivity contribution in [3.05, 3.63) is 24.3 Å². The van der Waals surface area contributed by atoms with Crippen LogP contribution in [0.5, 0.6) is 0 Å². The Morgan fingerprint density at radius 3 is 2.26 bits per heavy atom. The molecule has 2 unspecified atom stereocenters. The van der Waals surface area contributed by atoms with Gasteiger partial charge in [0.15, 0.2) is 0 Å². The number of allylic oxidation sites excluding steroid dienone is 2. The van der Waals surface area contributed by atoms with Gasteiger partial charge in [0.25, 0.3) is 0 Å². The fourth-order valence-corrected chi connectivity index (χ4v) is 2.02. The molecule has 0 fully saturated rings. The van der Waals surface area contributed by atoms with Crippen molar-refractivity contribution in [2.75, 3.05) is 32.7 Å². The zero-order valence-electron chi connectivity index (χ0n) is 14.3. The summed E-state index contributed by atoms with van der Waals surface area (Å²) in [6.45, 7) is 6.51. The monoisotopic (exact) mass is 328 g/mol. The molecule has 0 aromatic carbocycles. The predicted molar refractivity (Wildman–Crippen MR) is 92.4 cm³/mol. The van der Waals surface area contributed by atoms with E-state index in [4.69, 9.17) is 5.11 Å². The fraction of sp³-hybridized carbons (Fsp3) is 0.706. The smallest absolute Gasteiger partial charge is 0.304 e. The standard InChI is InChI=1S/C17H32N2O4/c1-3-5-7-15(20)13-18-10-12-19(11-9-17(22)23)14-16(21)8-6-4-2/h5-8,15-16,18,20-21H,3-4,9-14H2,1-2H3,(H,22,23)/b7-5+,8-6+. The Bertz CT molecular complexity index is 359. The van der Waals surface area contributed by atoms with Crippen molar-refractivity contribution in [2.45, 2.75) is 45.3 Å². The number of rotatable bonds is 14.